The minimum absolute atomic E-state index is 0.0474. The molecule has 2 aliphatic rings. The summed E-state index contributed by atoms with van der Waals surface area (Å²) in [6.45, 7) is 11.6. The van der Waals surface area contributed by atoms with Crippen LogP contribution < -0.4 is 25.0 Å². The number of nitrogens with zero attached hydrogens (tertiary/aromatic N) is 7. The smallest absolute Gasteiger partial charge is 0.311 e. The first-order valence-corrected chi connectivity index (χ1v) is 15.9. The lowest BCUT2D eigenvalue weighted by molar-refractivity contribution is -0.385. The number of nitrogens with two attached hydrogens (primary N) is 1. The first kappa shape index (κ1) is 36.0. The van der Waals surface area contributed by atoms with E-state index in [1.807, 2.05) is 42.3 Å². The molecule has 0 amide bonds. The molecule has 4 heterocycles. The number of benzene rings is 2. The number of rotatable bonds is 9. The third kappa shape index (κ3) is 8.34. The molecule has 0 spiro atoms. The van der Waals surface area contributed by atoms with Crippen LogP contribution in [0.25, 0.3) is 22.3 Å². The van der Waals surface area contributed by atoms with Gasteiger partial charge in [-0.2, -0.15) is 10.2 Å². The van der Waals surface area contributed by atoms with E-state index in [1.54, 1.807) is 30.1 Å². The van der Waals surface area contributed by atoms with E-state index in [2.05, 4.69) is 26.9 Å². The monoisotopic (exact) mass is 666 g/mol. The molecular formula is C33H46N8O7. The van der Waals surface area contributed by atoms with Crippen LogP contribution in [0.5, 0.6) is 11.5 Å². The summed E-state index contributed by atoms with van der Waals surface area (Å²) in [5, 5.41) is 27.0. The number of nitrogen functional groups attached to an aromatic ring is 1. The average molecular weight is 667 g/mol. The number of morpholine rings is 2. The number of aromatic nitrogens is 4. The molecule has 260 valence electrons. The van der Waals surface area contributed by atoms with Crippen LogP contribution in [0.4, 0.5) is 22.7 Å². The van der Waals surface area contributed by atoms with E-state index in [0.717, 1.165) is 93.2 Å². The second-order valence-corrected chi connectivity index (χ2v) is 10.8. The van der Waals surface area contributed by atoms with E-state index >= 15 is 0 Å². The molecule has 3 N–H and O–H groups in total. The number of aliphatic hydroxyl groups is 1. The van der Waals surface area contributed by atoms with Crippen molar-refractivity contribution >= 4 is 22.7 Å². The van der Waals surface area contributed by atoms with Crippen molar-refractivity contribution in [3.05, 3.63) is 59.2 Å². The highest BCUT2D eigenvalue weighted by Gasteiger charge is 2.25. The highest BCUT2D eigenvalue weighted by atomic mass is 16.6. The molecule has 0 unspecified atom stereocenters. The first-order chi connectivity index (χ1) is 23.4. The van der Waals surface area contributed by atoms with E-state index in [0.29, 0.717) is 24.7 Å². The maximum Gasteiger partial charge on any atom is 0.311 e. The molecule has 2 fully saturated rings. The fourth-order valence-electron chi connectivity index (χ4n) is 5.57. The van der Waals surface area contributed by atoms with Crippen molar-refractivity contribution in [3.63, 3.8) is 0 Å². The van der Waals surface area contributed by atoms with Gasteiger partial charge in [0.25, 0.3) is 0 Å². The van der Waals surface area contributed by atoms with Crippen molar-refractivity contribution in [2.45, 2.75) is 26.9 Å². The zero-order valence-electron chi connectivity index (χ0n) is 28.3. The van der Waals surface area contributed by atoms with Crippen LogP contribution in [-0.2, 0) is 22.6 Å². The topological polar surface area (TPSA) is 168 Å². The predicted molar refractivity (Wildman–Crippen MR) is 185 cm³/mol. The molecule has 0 radical (unpaired) electrons. The van der Waals surface area contributed by atoms with Crippen molar-refractivity contribution in [1.29, 1.82) is 0 Å². The molecule has 0 bridgehead atoms. The Morgan fingerprint density at radius 3 is 1.62 bits per heavy atom. The van der Waals surface area contributed by atoms with Gasteiger partial charge in [-0.3, -0.25) is 19.5 Å². The van der Waals surface area contributed by atoms with Gasteiger partial charge in [-0.1, -0.05) is 0 Å². The lowest BCUT2D eigenvalue weighted by atomic mass is 10.0. The predicted octanol–water partition coefficient (Wildman–Crippen LogP) is 3.93. The Labute approximate surface area is 280 Å². The maximum atomic E-state index is 11.4. The highest BCUT2D eigenvalue weighted by Crippen LogP contribution is 2.41. The molecule has 4 aromatic rings. The summed E-state index contributed by atoms with van der Waals surface area (Å²) in [4.78, 5) is 15.4. The molecule has 0 saturated carbocycles. The SMILES string of the molecule is CCn1cc(-c2cc(N)c(OC)cc2N2CCOCC2)cn1.CCn1cc(-c2cc([N+](=O)[O-])c(OC)cc2N2CCOCC2)cn1.CO. The fourth-order valence-corrected chi connectivity index (χ4v) is 5.57. The van der Waals surface area contributed by atoms with Crippen molar-refractivity contribution < 1.29 is 29.0 Å². The Balaban J connectivity index is 0.000000207. The number of hydrogen-bond acceptors (Lipinski definition) is 12. The zero-order chi connectivity index (χ0) is 34.6. The summed E-state index contributed by atoms with van der Waals surface area (Å²) in [6.07, 6.45) is 7.56. The van der Waals surface area contributed by atoms with Gasteiger partial charge < -0.3 is 39.6 Å². The van der Waals surface area contributed by atoms with Gasteiger partial charge in [-0.15, -0.1) is 0 Å². The summed E-state index contributed by atoms with van der Waals surface area (Å²) in [5.41, 5.74) is 12.5. The lowest BCUT2D eigenvalue weighted by Crippen LogP contribution is -2.36. The van der Waals surface area contributed by atoms with Crippen molar-refractivity contribution in [2.24, 2.45) is 0 Å². The molecule has 6 rings (SSSR count). The molecule has 2 aromatic carbocycles. The molecule has 2 aromatic heterocycles. The number of nitro benzene ring substituents is 1. The molecule has 48 heavy (non-hydrogen) atoms. The Kier molecular flexibility index (Phi) is 13.0. The van der Waals surface area contributed by atoms with Gasteiger partial charge in [-0.05, 0) is 19.9 Å². The number of anilines is 3. The third-order valence-electron chi connectivity index (χ3n) is 8.08. The zero-order valence-corrected chi connectivity index (χ0v) is 28.3. The summed E-state index contributed by atoms with van der Waals surface area (Å²) in [7, 11) is 4.09. The van der Waals surface area contributed by atoms with Gasteiger partial charge >= 0.3 is 5.69 Å². The van der Waals surface area contributed by atoms with Gasteiger partial charge in [0, 0.05) is 111 Å². The number of hydrogen-bond donors (Lipinski definition) is 2. The molecule has 15 heteroatoms. The van der Waals surface area contributed by atoms with Gasteiger partial charge in [0.2, 0.25) is 0 Å². The van der Waals surface area contributed by atoms with Crippen LogP contribution >= 0.6 is 0 Å². The highest BCUT2D eigenvalue weighted by molar-refractivity contribution is 5.84. The summed E-state index contributed by atoms with van der Waals surface area (Å²) >= 11 is 0. The van der Waals surface area contributed by atoms with Gasteiger partial charge in [0.1, 0.15) is 5.75 Å². The first-order valence-electron chi connectivity index (χ1n) is 15.9. The standard InChI is InChI=1S/C16H20N4O4.C16H22N4O2.CH4O/c1-3-19-11-12(10-17-19)13-8-15(20(21)22)16(23-2)9-14(13)18-4-6-24-7-5-18;1-3-20-11-12(10-18-20)13-8-14(17)16(21-2)9-15(13)19-4-6-22-7-5-19;1-2/h8-11H,3-7H2,1-2H3;8-11H,3-7,17H2,1-2H3;2H,1H3. The lowest BCUT2D eigenvalue weighted by Gasteiger charge is -2.31. The van der Waals surface area contributed by atoms with E-state index < -0.39 is 4.92 Å². The molecule has 2 saturated heterocycles. The minimum Gasteiger partial charge on any atom is -0.495 e. The molecule has 0 aliphatic carbocycles. The number of ether oxygens (including phenoxy) is 4. The molecule has 2 aliphatic heterocycles. The molecular weight excluding hydrogens is 620 g/mol. The third-order valence-corrected chi connectivity index (χ3v) is 8.08. The van der Waals surface area contributed by atoms with Crippen LogP contribution in [0.2, 0.25) is 0 Å². The number of methoxy groups -OCH3 is 2. The van der Waals surface area contributed by atoms with E-state index in [9.17, 15) is 10.1 Å². The summed E-state index contributed by atoms with van der Waals surface area (Å²) in [6, 6.07) is 7.29. The molecule has 0 atom stereocenters. The van der Waals surface area contributed by atoms with Crippen LogP contribution in [0, 0.1) is 10.1 Å². The van der Waals surface area contributed by atoms with Crippen molar-refractivity contribution in [2.75, 3.05) is 89.5 Å². The second-order valence-electron chi connectivity index (χ2n) is 10.8. The van der Waals surface area contributed by atoms with E-state index in [1.165, 1.54) is 7.11 Å². The van der Waals surface area contributed by atoms with E-state index in [-0.39, 0.29) is 11.4 Å². The van der Waals surface area contributed by atoms with Crippen LogP contribution in [0.1, 0.15) is 13.8 Å². The minimum atomic E-state index is -0.421. The fraction of sp³-hybridized carbons (Fsp3) is 0.455. The Morgan fingerprint density at radius 2 is 1.23 bits per heavy atom. The second kappa shape index (κ2) is 17.3. The number of nitro groups is 1. The van der Waals surface area contributed by atoms with Crippen molar-refractivity contribution in [1.82, 2.24) is 19.6 Å². The summed E-state index contributed by atoms with van der Waals surface area (Å²) < 4.78 is 25.2. The van der Waals surface area contributed by atoms with Crippen LogP contribution in [0.3, 0.4) is 0 Å². The average Bonchev–Trinajstić information content (AvgIpc) is 3.83. The van der Waals surface area contributed by atoms with Crippen LogP contribution in [-0.4, -0.2) is 104 Å². The Bertz CT molecular complexity index is 1630. The quantitative estimate of drug-likeness (QED) is 0.150. The molecule has 15 nitrogen and oxygen atoms in total. The largest absolute Gasteiger partial charge is 0.495 e. The number of aryl methyl sites for hydroxylation is 2. The van der Waals surface area contributed by atoms with Gasteiger partial charge in [0.05, 0.1) is 63.7 Å². The Hall–Kier alpha value is -4.86. The van der Waals surface area contributed by atoms with Gasteiger partial charge in [-0.25, -0.2) is 0 Å². The normalized spacial score (nSPS) is 14.4. The van der Waals surface area contributed by atoms with Gasteiger partial charge in [0.15, 0.2) is 5.75 Å². The maximum absolute atomic E-state index is 11.4. The summed E-state index contributed by atoms with van der Waals surface area (Å²) in [5.74, 6) is 0.959. The van der Waals surface area contributed by atoms with Crippen LogP contribution in [0.15, 0.2) is 49.1 Å². The Morgan fingerprint density at radius 1 is 0.792 bits per heavy atom. The van der Waals surface area contributed by atoms with E-state index in [4.69, 9.17) is 29.8 Å². The number of aliphatic hydroxyl groups excluding tert-OH is 1. The van der Waals surface area contributed by atoms with Crippen molar-refractivity contribution in [3.8, 4) is 33.8 Å².